The van der Waals surface area contributed by atoms with Gasteiger partial charge in [0.1, 0.15) is 6.29 Å². The molecule has 0 aliphatic carbocycles. The number of thiophene rings is 1. The van der Waals surface area contributed by atoms with Gasteiger partial charge >= 0.3 is 0 Å². The molecule has 1 aliphatic heterocycles. The highest BCUT2D eigenvalue weighted by atomic mass is 79.9. The van der Waals surface area contributed by atoms with Crippen LogP contribution in [0.1, 0.15) is 17.7 Å². The molecular formula is C10H11BrOS2. The third-order valence-corrected chi connectivity index (χ3v) is 5.59. The first kappa shape index (κ1) is 10.7. The average Bonchev–Trinajstić information content (AvgIpc) is 2.77. The van der Waals surface area contributed by atoms with Crippen LogP contribution >= 0.6 is 39.0 Å². The van der Waals surface area contributed by atoms with Gasteiger partial charge in [0.15, 0.2) is 0 Å². The molecule has 0 bridgehead atoms. The summed E-state index contributed by atoms with van der Waals surface area (Å²) in [5.74, 6) is 1.13. The molecule has 1 atom stereocenters. The molecule has 2 heterocycles. The monoisotopic (exact) mass is 290 g/mol. The zero-order chi connectivity index (χ0) is 10.0. The molecule has 2 rings (SSSR count). The predicted molar refractivity (Wildman–Crippen MR) is 66.2 cm³/mol. The van der Waals surface area contributed by atoms with Crippen LogP contribution in [0.2, 0.25) is 0 Å². The van der Waals surface area contributed by atoms with Crippen LogP contribution in [0, 0.1) is 0 Å². The van der Waals surface area contributed by atoms with E-state index in [4.69, 9.17) is 0 Å². The molecule has 1 aliphatic rings. The van der Waals surface area contributed by atoms with E-state index in [0.29, 0.717) is 0 Å². The van der Waals surface area contributed by atoms with Crippen LogP contribution in [0.3, 0.4) is 0 Å². The number of hydrogen-bond acceptors (Lipinski definition) is 3. The van der Waals surface area contributed by atoms with Crippen LogP contribution < -0.4 is 0 Å². The first-order valence-electron chi connectivity index (χ1n) is 4.59. The van der Waals surface area contributed by atoms with E-state index in [1.807, 2.05) is 11.8 Å². The van der Waals surface area contributed by atoms with E-state index in [1.165, 1.54) is 11.3 Å². The van der Waals surface area contributed by atoms with Crippen molar-refractivity contribution < 1.29 is 4.79 Å². The van der Waals surface area contributed by atoms with E-state index in [1.54, 1.807) is 11.3 Å². The first-order valence-corrected chi connectivity index (χ1v) is 7.18. The molecule has 0 amide bonds. The second-order valence-electron chi connectivity index (χ2n) is 3.52. The van der Waals surface area contributed by atoms with Gasteiger partial charge in [-0.2, -0.15) is 0 Å². The molecule has 0 radical (unpaired) electrons. The highest BCUT2D eigenvalue weighted by Gasteiger charge is 2.34. The number of thioether (sulfide) groups is 1. The normalized spacial score (nSPS) is 26.6. The largest absolute Gasteiger partial charge is 0.302 e. The fourth-order valence-electron chi connectivity index (χ4n) is 1.73. The Morgan fingerprint density at radius 2 is 2.43 bits per heavy atom. The number of rotatable bonds is 3. The molecule has 1 aromatic heterocycles. The Labute approximate surface area is 100 Å². The summed E-state index contributed by atoms with van der Waals surface area (Å²) in [6.45, 7) is 0. The van der Waals surface area contributed by atoms with Gasteiger partial charge in [-0.15, -0.1) is 23.1 Å². The minimum absolute atomic E-state index is 0.121. The Balaban J connectivity index is 2.11. The third kappa shape index (κ3) is 2.23. The van der Waals surface area contributed by atoms with Gasteiger partial charge in [0.05, 0.1) is 8.53 Å². The molecule has 1 saturated heterocycles. The fourth-order valence-corrected chi connectivity index (χ4v) is 4.74. The summed E-state index contributed by atoms with van der Waals surface area (Å²) in [4.78, 5) is 12.4. The molecule has 0 spiro atoms. The molecule has 76 valence electrons. The van der Waals surface area contributed by atoms with Gasteiger partial charge in [-0.25, -0.2) is 0 Å². The summed E-state index contributed by atoms with van der Waals surface area (Å²) in [5, 5.41) is 0. The van der Waals surface area contributed by atoms with E-state index in [-0.39, 0.29) is 4.75 Å². The van der Waals surface area contributed by atoms with Crippen molar-refractivity contribution in [1.82, 2.24) is 0 Å². The molecule has 1 nitrogen and oxygen atoms in total. The second kappa shape index (κ2) is 4.37. The van der Waals surface area contributed by atoms with Crippen molar-refractivity contribution >= 4 is 45.3 Å². The Morgan fingerprint density at radius 1 is 1.57 bits per heavy atom. The summed E-state index contributed by atoms with van der Waals surface area (Å²) in [5.41, 5.74) is 0. The van der Waals surface area contributed by atoms with Gasteiger partial charge in [0.2, 0.25) is 0 Å². The summed E-state index contributed by atoms with van der Waals surface area (Å²) in [6, 6.07) is 4.16. The molecule has 1 aromatic rings. The molecule has 0 aromatic carbocycles. The lowest BCUT2D eigenvalue weighted by atomic mass is 10.0. The smallest absolute Gasteiger partial charge is 0.136 e. The lowest BCUT2D eigenvalue weighted by Crippen LogP contribution is -2.25. The zero-order valence-electron chi connectivity index (χ0n) is 7.66. The standard InChI is InChI=1S/C10H11BrOS2/c11-9-3-2-8(14-9)6-10(7-12)4-1-5-13-10/h2-3,7H,1,4-6H2. The lowest BCUT2D eigenvalue weighted by Gasteiger charge is -2.19. The number of aldehydes is 1. The average molecular weight is 291 g/mol. The van der Waals surface area contributed by atoms with Crippen molar-refractivity contribution in [3.63, 3.8) is 0 Å². The Kier molecular flexibility index (Phi) is 3.34. The van der Waals surface area contributed by atoms with Crippen LogP contribution in [0.4, 0.5) is 0 Å². The van der Waals surface area contributed by atoms with Gasteiger partial charge < -0.3 is 4.79 Å². The first-order chi connectivity index (χ1) is 6.74. The Bertz CT molecular complexity index is 329. The van der Waals surface area contributed by atoms with Crippen molar-refractivity contribution in [1.29, 1.82) is 0 Å². The minimum Gasteiger partial charge on any atom is -0.302 e. The van der Waals surface area contributed by atoms with Gasteiger partial charge in [-0.1, -0.05) is 0 Å². The summed E-state index contributed by atoms with van der Waals surface area (Å²) in [6.07, 6.45) is 4.27. The second-order valence-corrected chi connectivity index (χ2v) is 7.57. The summed E-state index contributed by atoms with van der Waals surface area (Å²) >= 11 is 6.99. The van der Waals surface area contributed by atoms with Gasteiger partial charge in [0.25, 0.3) is 0 Å². The number of hydrogen-bond donors (Lipinski definition) is 0. The van der Waals surface area contributed by atoms with E-state index >= 15 is 0 Å². The summed E-state index contributed by atoms with van der Waals surface area (Å²) in [7, 11) is 0. The van der Waals surface area contributed by atoms with Crippen molar-refractivity contribution in [2.75, 3.05) is 5.75 Å². The molecule has 0 saturated carbocycles. The summed E-state index contributed by atoms with van der Waals surface area (Å²) < 4.78 is 1.03. The molecule has 4 heteroatoms. The molecule has 0 N–H and O–H groups in total. The maximum Gasteiger partial charge on any atom is 0.136 e. The van der Waals surface area contributed by atoms with Gasteiger partial charge in [-0.3, -0.25) is 0 Å². The van der Waals surface area contributed by atoms with Crippen molar-refractivity contribution in [2.24, 2.45) is 0 Å². The maximum absolute atomic E-state index is 11.1. The number of carbonyl (C=O) groups excluding carboxylic acids is 1. The van der Waals surface area contributed by atoms with E-state index in [0.717, 1.165) is 28.7 Å². The molecule has 1 unspecified atom stereocenters. The zero-order valence-corrected chi connectivity index (χ0v) is 10.9. The molecule has 14 heavy (non-hydrogen) atoms. The van der Waals surface area contributed by atoms with Crippen molar-refractivity contribution in [3.05, 3.63) is 20.8 Å². The van der Waals surface area contributed by atoms with Crippen LogP contribution in [-0.4, -0.2) is 16.8 Å². The van der Waals surface area contributed by atoms with E-state index in [9.17, 15) is 4.79 Å². The van der Waals surface area contributed by atoms with Crippen molar-refractivity contribution in [3.8, 4) is 0 Å². The van der Waals surface area contributed by atoms with E-state index < -0.39 is 0 Å². The van der Waals surface area contributed by atoms with E-state index in [2.05, 4.69) is 28.1 Å². The van der Waals surface area contributed by atoms with Crippen LogP contribution in [-0.2, 0) is 11.2 Å². The topological polar surface area (TPSA) is 17.1 Å². The lowest BCUT2D eigenvalue weighted by molar-refractivity contribution is -0.109. The third-order valence-electron chi connectivity index (χ3n) is 2.45. The quantitative estimate of drug-likeness (QED) is 0.793. The van der Waals surface area contributed by atoms with Gasteiger partial charge in [0, 0.05) is 11.3 Å². The molecular weight excluding hydrogens is 280 g/mol. The number of carbonyl (C=O) groups is 1. The van der Waals surface area contributed by atoms with Gasteiger partial charge in [-0.05, 0) is 46.7 Å². The minimum atomic E-state index is -0.121. The van der Waals surface area contributed by atoms with Crippen LogP contribution in [0.15, 0.2) is 15.9 Å². The highest BCUT2D eigenvalue weighted by molar-refractivity contribution is 9.11. The molecule has 1 fully saturated rings. The highest BCUT2D eigenvalue weighted by Crippen LogP contribution is 2.40. The number of halogens is 1. The predicted octanol–water partition coefficient (Wildman–Crippen LogP) is 3.52. The van der Waals surface area contributed by atoms with Crippen LogP contribution in [0.5, 0.6) is 0 Å². The fraction of sp³-hybridized carbons (Fsp3) is 0.500. The Hall–Kier alpha value is 0.200. The van der Waals surface area contributed by atoms with Crippen molar-refractivity contribution in [2.45, 2.75) is 24.0 Å². The SMILES string of the molecule is O=CC1(Cc2ccc(Br)s2)CCCS1. The Morgan fingerprint density at radius 3 is 2.93 bits per heavy atom. The maximum atomic E-state index is 11.1. The van der Waals surface area contributed by atoms with Crippen LogP contribution in [0.25, 0.3) is 0 Å².